The molecule has 1 heterocycles. The van der Waals surface area contributed by atoms with Gasteiger partial charge >= 0.3 is 0 Å². The highest BCUT2D eigenvalue weighted by atomic mass is 79.9. The Labute approximate surface area is 122 Å². The van der Waals surface area contributed by atoms with Crippen LogP contribution in [0.5, 0.6) is 0 Å². The zero-order valence-electron chi connectivity index (χ0n) is 10.1. The molecule has 8 heteroatoms. The second-order valence-corrected chi connectivity index (χ2v) is 5.61. The number of aryl methyl sites for hydroxylation is 1. The van der Waals surface area contributed by atoms with Gasteiger partial charge in [-0.15, -0.1) is 10.2 Å². The number of nitrogens with one attached hydrogen (secondary N) is 1. The molecule has 0 aliphatic heterocycles. The molecule has 100 valence electrons. The molecule has 6 nitrogen and oxygen atoms in total. The molecule has 2 aromatic rings. The van der Waals surface area contributed by atoms with Crippen LogP contribution < -0.4 is 11.2 Å². The number of carbonyl (C=O) groups excluding carboxylic acids is 1. The predicted octanol–water partition coefficient (Wildman–Crippen LogP) is 1.79. The Hall–Kier alpha value is -1.54. The van der Waals surface area contributed by atoms with E-state index in [1.165, 1.54) is 16.4 Å². The largest absolute Gasteiger partial charge is 0.336 e. The lowest BCUT2D eigenvalue weighted by atomic mass is 10.3. The van der Waals surface area contributed by atoms with Gasteiger partial charge in [0.1, 0.15) is 5.82 Å². The second kappa shape index (κ2) is 6.07. The number of nitrogens with zero attached hydrogens (tertiary/aromatic N) is 3. The van der Waals surface area contributed by atoms with Gasteiger partial charge in [-0.05, 0) is 25.1 Å². The van der Waals surface area contributed by atoms with Gasteiger partial charge in [0.15, 0.2) is 0 Å². The van der Waals surface area contributed by atoms with Gasteiger partial charge in [-0.25, -0.2) is 4.68 Å². The first-order valence-corrected chi connectivity index (χ1v) is 7.19. The summed E-state index contributed by atoms with van der Waals surface area (Å²) in [6, 6.07) is 7.40. The summed E-state index contributed by atoms with van der Waals surface area (Å²) in [6.45, 7) is 1.75. The summed E-state index contributed by atoms with van der Waals surface area (Å²) in [4.78, 5) is 11.8. The third-order valence-electron chi connectivity index (χ3n) is 2.28. The molecule has 0 aliphatic carbocycles. The SMILES string of the molecule is Cc1nnc(SCC(=O)Nc2cccc(Br)c2)n1N. The average molecular weight is 342 g/mol. The van der Waals surface area contributed by atoms with Crippen LogP contribution in [0.1, 0.15) is 5.82 Å². The zero-order chi connectivity index (χ0) is 13.8. The first-order valence-electron chi connectivity index (χ1n) is 5.41. The molecule has 0 bridgehead atoms. The molecule has 1 aromatic heterocycles. The topological polar surface area (TPSA) is 85.8 Å². The fourth-order valence-electron chi connectivity index (χ4n) is 1.34. The van der Waals surface area contributed by atoms with Gasteiger partial charge < -0.3 is 11.2 Å². The summed E-state index contributed by atoms with van der Waals surface area (Å²) in [5.41, 5.74) is 0.741. The number of aromatic nitrogens is 3. The number of carbonyl (C=O) groups is 1. The van der Waals surface area contributed by atoms with E-state index in [2.05, 4.69) is 31.4 Å². The molecule has 0 spiro atoms. The average Bonchev–Trinajstić information content (AvgIpc) is 2.68. The number of nitrogens with two attached hydrogens (primary N) is 1. The molecule has 0 fully saturated rings. The molecule has 1 aromatic carbocycles. The minimum absolute atomic E-state index is 0.122. The number of amides is 1. The van der Waals surface area contributed by atoms with E-state index in [-0.39, 0.29) is 11.7 Å². The molecule has 1 amide bonds. The Morgan fingerprint density at radius 2 is 2.32 bits per heavy atom. The molecule has 0 radical (unpaired) electrons. The fourth-order valence-corrected chi connectivity index (χ4v) is 2.44. The molecule has 19 heavy (non-hydrogen) atoms. The summed E-state index contributed by atoms with van der Waals surface area (Å²) in [5.74, 6) is 6.40. The summed E-state index contributed by atoms with van der Waals surface area (Å²) >= 11 is 4.59. The Bertz CT molecular complexity index is 601. The minimum Gasteiger partial charge on any atom is -0.336 e. The highest BCUT2D eigenvalue weighted by molar-refractivity contribution is 9.10. The molecule has 0 atom stereocenters. The van der Waals surface area contributed by atoms with Crippen LogP contribution in [0.15, 0.2) is 33.9 Å². The summed E-state index contributed by atoms with van der Waals surface area (Å²) in [7, 11) is 0. The third kappa shape index (κ3) is 3.71. The van der Waals surface area contributed by atoms with Crippen molar-refractivity contribution in [2.75, 3.05) is 16.9 Å². The molecule has 0 saturated carbocycles. The Balaban J connectivity index is 1.90. The molecule has 0 aliphatic rings. The van der Waals surface area contributed by atoms with Gasteiger partial charge in [0.2, 0.25) is 11.1 Å². The van der Waals surface area contributed by atoms with Crippen molar-refractivity contribution in [3.05, 3.63) is 34.6 Å². The summed E-state index contributed by atoms with van der Waals surface area (Å²) in [6.07, 6.45) is 0. The first kappa shape index (κ1) is 13.9. The number of halogens is 1. The van der Waals surface area contributed by atoms with Gasteiger partial charge in [0.25, 0.3) is 0 Å². The van der Waals surface area contributed by atoms with E-state index in [1.54, 1.807) is 6.92 Å². The third-order valence-corrected chi connectivity index (χ3v) is 3.71. The Morgan fingerprint density at radius 1 is 1.53 bits per heavy atom. The fraction of sp³-hybridized carbons (Fsp3) is 0.182. The van der Waals surface area contributed by atoms with Crippen LogP contribution in [0.25, 0.3) is 0 Å². The lowest BCUT2D eigenvalue weighted by Crippen LogP contribution is -2.16. The van der Waals surface area contributed by atoms with Crippen molar-refractivity contribution in [2.45, 2.75) is 12.1 Å². The first-order chi connectivity index (χ1) is 9.06. The monoisotopic (exact) mass is 341 g/mol. The lowest BCUT2D eigenvalue weighted by Gasteiger charge is -2.05. The van der Waals surface area contributed by atoms with E-state index in [4.69, 9.17) is 5.84 Å². The van der Waals surface area contributed by atoms with E-state index in [0.717, 1.165) is 10.2 Å². The van der Waals surface area contributed by atoms with Crippen molar-refractivity contribution in [3.8, 4) is 0 Å². The number of thioether (sulfide) groups is 1. The highest BCUT2D eigenvalue weighted by Gasteiger charge is 2.09. The maximum absolute atomic E-state index is 11.8. The van der Waals surface area contributed by atoms with Crippen LogP contribution in [0.4, 0.5) is 5.69 Å². The second-order valence-electron chi connectivity index (χ2n) is 3.75. The van der Waals surface area contributed by atoms with Crippen molar-refractivity contribution < 1.29 is 4.79 Å². The summed E-state index contributed by atoms with van der Waals surface area (Å²) in [5, 5.41) is 11.0. The van der Waals surface area contributed by atoms with Crippen molar-refractivity contribution in [3.63, 3.8) is 0 Å². The van der Waals surface area contributed by atoms with Gasteiger partial charge in [0.05, 0.1) is 5.75 Å². The van der Waals surface area contributed by atoms with Gasteiger partial charge in [-0.3, -0.25) is 4.79 Å². The zero-order valence-corrected chi connectivity index (χ0v) is 12.5. The van der Waals surface area contributed by atoms with E-state index >= 15 is 0 Å². The number of nitrogen functional groups attached to an aromatic ring is 1. The van der Waals surface area contributed by atoms with Gasteiger partial charge in [0, 0.05) is 10.2 Å². The van der Waals surface area contributed by atoms with E-state index in [0.29, 0.717) is 11.0 Å². The Kier molecular flexibility index (Phi) is 4.43. The molecule has 0 unspecified atom stereocenters. The maximum atomic E-state index is 11.8. The van der Waals surface area contributed by atoms with E-state index in [1.807, 2.05) is 24.3 Å². The van der Waals surface area contributed by atoms with Crippen LogP contribution in [0.2, 0.25) is 0 Å². The van der Waals surface area contributed by atoms with E-state index < -0.39 is 0 Å². The highest BCUT2D eigenvalue weighted by Crippen LogP contribution is 2.17. The van der Waals surface area contributed by atoms with Crippen molar-refractivity contribution in [1.82, 2.24) is 14.9 Å². The molecular weight excluding hydrogens is 330 g/mol. The predicted molar refractivity (Wildman–Crippen MR) is 78.4 cm³/mol. The number of benzene rings is 1. The number of hydrogen-bond acceptors (Lipinski definition) is 5. The smallest absolute Gasteiger partial charge is 0.234 e. The summed E-state index contributed by atoms with van der Waals surface area (Å²) < 4.78 is 2.27. The van der Waals surface area contributed by atoms with Crippen molar-refractivity contribution >= 4 is 39.3 Å². The molecular formula is C11H12BrN5OS. The Morgan fingerprint density at radius 3 is 2.95 bits per heavy atom. The van der Waals surface area contributed by atoms with Crippen molar-refractivity contribution in [2.24, 2.45) is 0 Å². The number of rotatable bonds is 4. The molecule has 3 N–H and O–H groups in total. The van der Waals surface area contributed by atoms with Gasteiger partial charge in [-0.1, -0.05) is 33.8 Å². The van der Waals surface area contributed by atoms with Crippen LogP contribution >= 0.6 is 27.7 Å². The van der Waals surface area contributed by atoms with Crippen LogP contribution in [-0.2, 0) is 4.79 Å². The maximum Gasteiger partial charge on any atom is 0.234 e. The normalized spacial score (nSPS) is 10.4. The van der Waals surface area contributed by atoms with Crippen LogP contribution in [0, 0.1) is 6.92 Å². The van der Waals surface area contributed by atoms with E-state index in [9.17, 15) is 4.79 Å². The van der Waals surface area contributed by atoms with Gasteiger partial charge in [-0.2, -0.15) is 0 Å². The lowest BCUT2D eigenvalue weighted by molar-refractivity contribution is -0.113. The van der Waals surface area contributed by atoms with Crippen molar-refractivity contribution in [1.29, 1.82) is 0 Å². The van der Waals surface area contributed by atoms with Crippen LogP contribution in [-0.4, -0.2) is 26.5 Å². The molecule has 2 rings (SSSR count). The molecule has 0 saturated heterocycles. The minimum atomic E-state index is -0.122. The quantitative estimate of drug-likeness (QED) is 0.654. The number of hydrogen-bond donors (Lipinski definition) is 2. The number of anilines is 1. The van der Waals surface area contributed by atoms with Crippen LogP contribution in [0.3, 0.4) is 0 Å². The standard InChI is InChI=1S/C11H12BrN5OS/c1-7-15-16-11(17(7)13)19-6-10(18)14-9-4-2-3-8(12)5-9/h2-5H,6,13H2,1H3,(H,14,18).